The number of ether oxygens (including phenoxy) is 1. The lowest BCUT2D eigenvalue weighted by Gasteiger charge is -2.39. The molecule has 0 bridgehead atoms. The number of hydrogen-bond donors (Lipinski definition) is 1. The molecule has 30 heavy (non-hydrogen) atoms. The zero-order valence-electron chi connectivity index (χ0n) is 18.7. The summed E-state index contributed by atoms with van der Waals surface area (Å²) in [6.07, 6.45) is 2.64. The predicted octanol–water partition coefficient (Wildman–Crippen LogP) is 4.93. The van der Waals surface area contributed by atoms with Gasteiger partial charge in [-0.05, 0) is 70.8 Å². The Balaban J connectivity index is 1.35. The van der Waals surface area contributed by atoms with Crippen molar-refractivity contribution in [2.24, 2.45) is 5.92 Å². The minimum atomic E-state index is -0.282. The molecule has 0 unspecified atom stereocenters. The molecule has 0 radical (unpaired) electrons. The number of amides is 1. The van der Waals surface area contributed by atoms with Crippen LogP contribution < -0.4 is 10.1 Å². The number of benzene rings is 2. The van der Waals surface area contributed by atoms with Crippen LogP contribution in [-0.2, 0) is 11.3 Å². The fraction of sp³-hybridized carbons (Fsp3) is 0.500. The Kier molecular flexibility index (Phi) is 5.88. The smallest absolute Gasteiger partial charge is 0.223 e. The van der Waals surface area contributed by atoms with E-state index in [0.717, 1.165) is 50.2 Å². The third kappa shape index (κ3) is 4.86. The molecule has 1 amide bonds. The molecule has 0 aliphatic carbocycles. The predicted molar refractivity (Wildman–Crippen MR) is 121 cm³/mol. The minimum absolute atomic E-state index is 0.0161. The molecular weight excluding hydrogens is 372 g/mol. The summed E-state index contributed by atoms with van der Waals surface area (Å²) >= 11 is 0. The van der Waals surface area contributed by atoms with E-state index in [1.54, 1.807) is 0 Å². The van der Waals surface area contributed by atoms with Crippen LogP contribution >= 0.6 is 0 Å². The summed E-state index contributed by atoms with van der Waals surface area (Å²) < 4.78 is 6.18. The first-order chi connectivity index (χ1) is 14.3. The van der Waals surface area contributed by atoms with Crippen LogP contribution in [0, 0.1) is 19.8 Å². The molecule has 2 heterocycles. The monoisotopic (exact) mass is 406 g/mol. The second kappa shape index (κ2) is 8.43. The zero-order chi connectivity index (χ0) is 21.3. The van der Waals surface area contributed by atoms with Gasteiger partial charge in [-0.25, -0.2) is 0 Å². The minimum Gasteiger partial charge on any atom is -0.487 e. The van der Waals surface area contributed by atoms with Crippen molar-refractivity contribution in [3.05, 3.63) is 64.7 Å². The van der Waals surface area contributed by atoms with Crippen LogP contribution in [0.5, 0.6) is 5.75 Å². The number of rotatable bonds is 4. The van der Waals surface area contributed by atoms with E-state index in [4.69, 9.17) is 4.74 Å². The van der Waals surface area contributed by atoms with Gasteiger partial charge in [-0.1, -0.05) is 42.0 Å². The lowest BCUT2D eigenvalue weighted by molar-refractivity contribution is -0.127. The number of nitrogens with one attached hydrogen (secondary N) is 1. The molecule has 1 fully saturated rings. The van der Waals surface area contributed by atoms with Crippen LogP contribution in [0.1, 0.15) is 61.4 Å². The van der Waals surface area contributed by atoms with Gasteiger partial charge in [-0.2, -0.15) is 0 Å². The van der Waals surface area contributed by atoms with E-state index in [9.17, 15) is 4.79 Å². The van der Waals surface area contributed by atoms with Crippen LogP contribution in [0.3, 0.4) is 0 Å². The second-order valence-corrected chi connectivity index (χ2v) is 9.70. The van der Waals surface area contributed by atoms with E-state index >= 15 is 0 Å². The van der Waals surface area contributed by atoms with Crippen LogP contribution in [0.15, 0.2) is 42.5 Å². The fourth-order valence-corrected chi connectivity index (χ4v) is 4.68. The van der Waals surface area contributed by atoms with Gasteiger partial charge in [-0.15, -0.1) is 0 Å². The fourth-order valence-electron chi connectivity index (χ4n) is 4.68. The number of hydrogen-bond acceptors (Lipinski definition) is 3. The van der Waals surface area contributed by atoms with E-state index < -0.39 is 0 Å². The molecule has 4 rings (SSSR count). The zero-order valence-corrected chi connectivity index (χ0v) is 18.7. The Hall–Kier alpha value is -2.33. The van der Waals surface area contributed by atoms with Crippen molar-refractivity contribution in [1.29, 1.82) is 0 Å². The quantitative estimate of drug-likeness (QED) is 0.782. The number of likely N-dealkylation sites (tertiary alicyclic amines) is 1. The summed E-state index contributed by atoms with van der Waals surface area (Å²) in [5.41, 5.74) is 4.64. The summed E-state index contributed by atoms with van der Waals surface area (Å²) in [6.45, 7) is 11.3. The number of aryl methyl sites for hydroxylation is 2. The molecule has 2 aliphatic rings. The molecule has 4 nitrogen and oxygen atoms in total. The molecule has 1 N–H and O–H groups in total. The first kappa shape index (κ1) is 20.9. The van der Waals surface area contributed by atoms with Gasteiger partial charge >= 0.3 is 0 Å². The van der Waals surface area contributed by atoms with Crippen molar-refractivity contribution in [2.75, 3.05) is 13.1 Å². The molecule has 1 atom stereocenters. The summed E-state index contributed by atoms with van der Waals surface area (Å²) in [5.74, 6) is 1.20. The van der Waals surface area contributed by atoms with E-state index in [1.807, 2.05) is 0 Å². The Morgan fingerprint density at radius 2 is 1.73 bits per heavy atom. The SMILES string of the molecule is Cc1ccc(CN2CCC(C(=O)N[C@H]3CC(C)(C)Oc4cc(C)ccc43)CC2)cc1. The number of piperidine rings is 1. The molecule has 2 aliphatic heterocycles. The van der Waals surface area contributed by atoms with Crippen molar-refractivity contribution in [1.82, 2.24) is 10.2 Å². The number of fused-ring (bicyclic) bond motifs is 1. The Morgan fingerprint density at radius 1 is 1.07 bits per heavy atom. The van der Waals surface area contributed by atoms with E-state index in [1.165, 1.54) is 16.7 Å². The number of carbonyl (C=O) groups is 1. The third-order valence-electron chi connectivity index (χ3n) is 6.43. The molecule has 2 aromatic carbocycles. The van der Waals surface area contributed by atoms with Crippen molar-refractivity contribution >= 4 is 5.91 Å². The molecule has 0 saturated carbocycles. The molecule has 1 saturated heterocycles. The van der Waals surface area contributed by atoms with Gasteiger partial charge in [0.1, 0.15) is 11.4 Å². The highest BCUT2D eigenvalue weighted by Crippen LogP contribution is 2.40. The summed E-state index contributed by atoms with van der Waals surface area (Å²) in [6, 6.07) is 15.1. The maximum Gasteiger partial charge on any atom is 0.223 e. The largest absolute Gasteiger partial charge is 0.487 e. The first-order valence-electron chi connectivity index (χ1n) is 11.2. The van der Waals surface area contributed by atoms with Gasteiger partial charge in [0.05, 0.1) is 6.04 Å². The number of nitrogens with zero attached hydrogens (tertiary/aromatic N) is 1. The highest BCUT2D eigenvalue weighted by Gasteiger charge is 2.36. The Morgan fingerprint density at radius 3 is 2.43 bits per heavy atom. The summed E-state index contributed by atoms with van der Waals surface area (Å²) in [5, 5.41) is 3.35. The summed E-state index contributed by atoms with van der Waals surface area (Å²) in [7, 11) is 0. The van der Waals surface area contributed by atoms with Crippen molar-refractivity contribution in [3.8, 4) is 5.75 Å². The average Bonchev–Trinajstić information content (AvgIpc) is 2.69. The number of carbonyl (C=O) groups excluding carboxylic acids is 1. The third-order valence-corrected chi connectivity index (χ3v) is 6.43. The molecule has 0 aromatic heterocycles. The van der Waals surface area contributed by atoms with Gasteiger partial charge < -0.3 is 10.1 Å². The van der Waals surface area contributed by atoms with Crippen molar-refractivity contribution < 1.29 is 9.53 Å². The lowest BCUT2D eigenvalue weighted by Crippen LogP contribution is -2.45. The van der Waals surface area contributed by atoms with Crippen LogP contribution in [0.2, 0.25) is 0 Å². The van der Waals surface area contributed by atoms with Crippen molar-refractivity contribution in [3.63, 3.8) is 0 Å². The van der Waals surface area contributed by atoms with Crippen LogP contribution in [0.4, 0.5) is 0 Å². The van der Waals surface area contributed by atoms with E-state index in [0.29, 0.717) is 0 Å². The lowest BCUT2D eigenvalue weighted by atomic mass is 9.88. The average molecular weight is 407 g/mol. The normalized spacial score (nSPS) is 21.5. The maximum absolute atomic E-state index is 13.1. The first-order valence-corrected chi connectivity index (χ1v) is 11.2. The second-order valence-electron chi connectivity index (χ2n) is 9.70. The molecule has 4 heteroatoms. The van der Waals surface area contributed by atoms with E-state index in [2.05, 4.69) is 80.4 Å². The van der Waals surface area contributed by atoms with Gasteiger partial charge in [0.2, 0.25) is 5.91 Å². The molecular formula is C26H34N2O2. The van der Waals surface area contributed by atoms with Gasteiger partial charge in [-0.3, -0.25) is 9.69 Å². The molecule has 160 valence electrons. The molecule has 2 aromatic rings. The van der Waals surface area contributed by atoms with Crippen LogP contribution in [-0.4, -0.2) is 29.5 Å². The Bertz CT molecular complexity index is 896. The topological polar surface area (TPSA) is 41.6 Å². The van der Waals surface area contributed by atoms with Crippen LogP contribution in [0.25, 0.3) is 0 Å². The summed E-state index contributed by atoms with van der Waals surface area (Å²) in [4.78, 5) is 15.5. The highest BCUT2D eigenvalue weighted by molar-refractivity contribution is 5.79. The maximum atomic E-state index is 13.1. The van der Waals surface area contributed by atoms with Gasteiger partial charge in [0, 0.05) is 24.4 Å². The van der Waals surface area contributed by atoms with Gasteiger partial charge in [0.25, 0.3) is 0 Å². The standard InChI is InChI=1S/C26H34N2O2/c1-18-5-8-20(9-6-18)17-28-13-11-21(12-14-28)25(29)27-23-16-26(3,4)30-24-15-19(2)7-10-22(23)24/h5-10,15,21,23H,11-14,16-17H2,1-4H3,(H,27,29)/t23-/m0/s1. The van der Waals surface area contributed by atoms with Gasteiger partial charge in [0.15, 0.2) is 0 Å². The Labute approximate surface area is 180 Å². The highest BCUT2D eigenvalue weighted by atomic mass is 16.5. The van der Waals surface area contributed by atoms with E-state index in [-0.39, 0.29) is 23.5 Å². The molecule has 0 spiro atoms. The van der Waals surface area contributed by atoms with Crippen molar-refractivity contribution in [2.45, 2.75) is 65.1 Å².